The summed E-state index contributed by atoms with van der Waals surface area (Å²) in [6.45, 7) is 4.05. The van der Waals surface area contributed by atoms with Crippen LogP contribution in [0.2, 0.25) is 0 Å². The van der Waals surface area contributed by atoms with Gasteiger partial charge in [0.1, 0.15) is 22.7 Å². The van der Waals surface area contributed by atoms with Gasteiger partial charge in [0.15, 0.2) is 0 Å². The van der Waals surface area contributed by atoms with E-state index in [-0.39, 0.29) is 0 Å². The van der Waals surface area contributed by atoms with Crippen molar-refractivity contribution in [3.63, 3.8) is 0 Å². The summed E-state index contributed by atoms with van der Waals surface area (Å²) in [6.07, 6.45) is 0. The van der Waals surface area contributed by atoms with E-state index in [1.54, 1.807) is 13.2 Å². The highest BCUT2D eigenvalue weighted by Crippen LogP contribution is 2.37. The monoisotopic (exact) mass is 320 g/mol. The van der Waals surface area contributed by atoms with Crippen LogP contribution in [-0.4, -0.2) is 7.11 Å². The summed E-state index contributed by atoms with van der Waals surface area (Å²) < 4.78 is 16.6. The minimum atomic E-state index is -0.415. The van der Waals surface area contributed by atoms with Gasteiger partial charge < -0.3 is 13.6 Å². The van der Waals surface area contributed by atoms with Gasteiger partial charge in [0.2, 0.25) is 0 Å². The Morgan fingerprint density at radius 1 is 0.875 bits per heavy atom. The molecule has 0 saturated heterocycles. The minimum Gasteiger partial charge on any atom is -0.497 e. The number of hydrogen-bond donors (Lipinski definition) is 0. The highest BCUT2D eigenvalue weighted by molar-refractivity contribution is 5.97. The van der Waals surface area contributed by atoms with E-state index in [1.807, 2.05) is 38.1 Å². The smallest absolute Gasteiger partial charge is 0.336 e. The summed E-state index contributed by atoms with van der Waals surface area (Å²) in [4.78, 5) is 12.0. The standard InChI is InChI=1S/C20H16O4/c1-11-4-7-17-15(8-11)12(2)20(24-17)16-10-19(21)23-18-9-13(22-3)5-6-14(16)18/h4-10H,1-3H3. The molecule has 0 unspecified atom stereocenters. The molecule has 4 heteroatoms. The van der Waals surface area contributed by atoms with Crippen molar-refractivity contribution in [2.24, 2.45) is 0 Å². The third kappa shape index (κ3) is 2.19. The molecular weight excluding hydrogens is 304 g/mol. The summed E-state index contributed by atoms with van der Waals surface area (Å²) in [5, 5.41) is 1.87. The largest absolute Gasteiger partial charge is 0.497 e. The van der Waals surface area contributed by atoms with Crippen LogP contribution in [0.15, 0.2) is 56.1 Å². The van der Waals surface area contributed by atoms with E-state index >= 15 is 0 Å². The Labute approximate surface area is 138 Å². The first kappa shape index (κ1) is 14.6. The van der Waals surface area contributed by atoms with Crippen LogP contribution in [0.3, 0.4) is 0 Å². The number of ether oxygens (including phenoxy) is 1. The van der Waals surface area contributed by atoms with Gasteiger partial charge in [-0.25, -0.2) is 4.79 Å². The van der Waals surface area contributed by atoms with E-state index in [9.17, 15) is 4.79 Å². The van der Waals surface area contributed by atoms with Crippen LogP contribution in [0.1, 0.15) is 11.1 Å². The molecule has 0 saturated carbocycles. The highest BCUT2D eigenvalue weighted by atomic mass is 16.5. The van der Waals surface area contributed by atoms with Crippen LogP contribution >= 0.6 is 0 Å². The van der Waals surface area contributed by atoms with E-state index < -0.39 is 5.63 Å². The average Bonchev–Trinajstić information content (AvgIpc) is 2.90. The Hall–Kier alpha value is -3.01. The van der Waals surface area contributed by atoms with E-state index in [4.69, 9.17) is 13.6 Å². The van der Waals surface area contributed by atoms with E-state index in [0.717, 1.165) is 27.5 Å². The lowest BCUT2D eigenvalue weighted by atomic mass is 10.0. The zero-order chi connectivity index (χ0) is 16.8. The normalized spacial score (nSPS) is 11.3. The Morgan fingerprint density at radius 2 is 1.71 bits per heavy atom. The lowest BCUT2D eigenvalue weighted by Gasteiger charge is -2.05. The predicted octanol–water partition coefficient (Wildman–Crippen LogP) is 4.83. The van der Waals surface area contributed by atoms with E-state index in [1.165, 1.54) is 11.6 Å². The summed E-state index contributed by atoms with van der Waals surface area (Å²) in [5.74, 6) is 1.33. The summed E-state index contributed by atoms with van der Waals surface area (Å²) in [7, 11) is 1.58. The van der Waals surface area contributed by atoms with Gasteiger partial charge in [-0.15, -0.1) is 0 Å². The molecule has 2 aromatic carbocycles. The zero-order valence-corrected chi connectivity index (χ0v) is 13.7. The van der Waals surface area contributed by atoms with Crippen molar-refractivity contribution >= 4 is 21.9 Å². The molecule has 120 valence electrons. The first-order chi connectivity index (χ1) is 11.6. The van der Waals surface area contributed by atoms with Crippen molar-refractivity contribution in [3.05, 3.63) is 64.0 Å². The molecule has 0 bridgehead atoms. The first-order valence-electron chi connectivity index (χ1n) is 7.69. The molecule has 0 radical (unpaired) electrons. The van der Waals surface area contributed by atoms with Crippen molar-refractivity contribution in [3.8, 4) is 17.1 Å². The van der Waals surface area contributed by atoms with Gasteiger partial charge in [0.05, 0.1) is 7.11 Å². The summed E-state index contributed by atoms with van der Waals surface area (Å²) in [6, 6.07) is 13.0. The molecule has 2 heterocycles. The second kappa shape index (κ2) is 5.27. The molecule has 0 aliphatic carbocycles. The Bertz CT molecular complexity index is 1130. The van der Waals surface area contributed by atoms with Crippen molar-refractivity contribution in [2.75, 3.05) is 7.11 Å². The predicted molar refractivity (Wildman–Crippen MR) is 93.7 cm³/mol. The molecule has 2 aromatic heterocycles. The van der Waals surface area contributed by atoms with Crippen LogP contribution in [0.25, 0.3) is 33.3 Å². The van der Waals surface area contributed by atoms with Gasteiger partial charge in [-0.1, -0.05) is 11.6 Å². The number of aryl methyl sites for hydroxylation is 2. The molecule has 4 rings (SSSR count). The van der Waals surface area contributed by atoms with Gasteiger partial charge in [0.25, 0.3) is 0 Å². The number of methoxy groups -OCH3 is 1. The summed E-state index contributed by atoms with van der Waals surface area (Å²) >= 11 is 0. The topological polar surface area (TPSA) is 52.6 Å². The van der Waals surface area contributed by atoms with Gasteiger partial charge in [0, 0.05) is 34.0 Å². The minimum absolute atomic E-state index is 0.415. The van der Waals surface area contributed by atoms with Gasteiger partial charge in [-0.3, -0.25) is 0 Å². The zero-order valence-electron chi connectivity index (χ0n) is 13.7. The molecule has 0 fully saturated rings. The molecule has 0 N–H and O–H groups in total. The van der Waals surface area contributed by atoms with E-state index in [0.29, 0.717) is 17.1 Å². The maximum Gasteiger partial charge on any atom is 0.336 e. The fraction of sp³-hybridized carbons (Fsp3) is 0.150. The van der Waals surface area contributed by atoms with Crippen LogP contribution in [0, 0.1) is 13.8 Å². The number of hydrogen-bond acceptors (Lipinski definition) is 4. The lowest BCUT2D eigenvalue weighted by molar-refractivity contribution is 0.414. The summed E-state index contributed by atoms with van der Waals surface area (Å²) in [5.41, 5.74) is 3.78. The average molecular weight is 320 g/mol. The van der Waals surface area contributed by atoms with Crippen molar-refractivity contribution in [2.45, 2.75) is 13.8 Å². The molecule has 4 nitrogen and oxygen atoms in total. The molecule has 24 heavy (non-hydrogen) atoms. The van der Waals surface area contributed by atoms with E-state index in [2.05, 4.69) is 6.07 Å². The molecule has 0 aliphatic heterocycles. The molecule has 0 aliphatic rings. The third-order valence-electron chi connectivity index (χ3n) is 4.29. The number of fused-ring (bicyclic) bond motifs is 2. The van der Waals surface area contributed by atoms with Gasteiger partial charge in [-0.05, 0) is 38.1 Å². The highest BCUT2D eigenvalue weighted by Gasteiger charge is 2.17. The molecule has 0 spiro atoms. The SMILES string of the molecule is COc1ccc2c(-c3oc4ccc(C)cc4c3C)cc(=O)oc2c1. The molecule has 0 amide bonds. The lowest BCUT2D eigenvalue weighted by Crippen LogP contribution is -1.98. The number of rotatable bonds is 2. The van der Waals surface area contributed by atoms with Crippen molar-refractivity contribution in [1.29, 1.82) is 0 Å². The van der Waals surface area contributed by atoms with Crippen LogP contribution in [0.4, 0.5) is 0 Å². The van der Waals surface area contributed by atoms with Crippen LogP contribution in [-0.2, 0) is 0 Å². The molecule has 4 aromatic rings. The Kier molecular flexibility index (Phi) is 3.20. The van der Waals surface area contributed by atoms with Gasteiger partial charge in [-0.2, -0.15) is 0 Å². The first-order valence-corrected chi connectivity index (χ1v) is 7.69. The van der Waals surface area contributed by atoms with Gasteiger partial charge >= 0.3 is 5.63 Å². The second-order valence-corrected chi connectivity index (χ2v) is 5.90. The maximum absolute atomic E-state index is 12.0. The third-order valence-corrected chi connectivity index (χ3v) is 4.29. The fourth-order valence-corrected chi connectivity index (χ4v) is 3.05. The maximum atomic E-state index is 12.0. The van der Waals surface area contributed by atoms with Crippen LogP contribution < -0.4 is 10.4 Å². The molecule has 0 atom stereocenters. The van der Waals surface area contributed by atoms with Crippen molar-refractivity contribution in [1.82, 2.24) is 0 Å². The van der Waals surface area contributed by atoms with Crippen LogP contribution in [0.5, 0.6) is 5.75 Å². The fourth-order valence-electron chi connectivity index (χ4n) is 3.05. The molecular formula is C20H16O4. The second-order valence-electron chi connectivity index (χ2n) is 5.90. The Balaban J connectivity index is 2.06. The quantitative estimate of drug-likeness (QED) is 0.496. The number of furan rings is 1. The Morgan fingerprint density at radius 3 is 2.50 bits per heavy atom. The number of benzene rings is 2. The van der Waals surface area contributed by atoms with Crippen molar-refractivity contribution < 1.29 is 13.6 Å².